The lowest BCUT2D eigenvalue weighted by Crippen LogP contribution is -2.30. The summed E-state index contributed by atoms with van der Waals surface area (Å²) in [5.74, 6) is -0.830. The van der Waals surface area contributed by atoms with Crippen molar-refractivity contribution in [2.45, 2.75) is 399 Å². The molecule has 0 amide bonds. The summed E-state index contributed by atoms with van der Waals surface area (Å²) in [5.41, 5.74) is 0. The van der Waals surface area contributed by atoms with Gasteiger partial charge >= 0.3 is 17.9 Å². The third-order valence-electron chi connectivity index (χ3n) is 16.0. The molecule has 454 valence electrons. The Morgan fingerprint density at radius 3 is 0.714 bits per heavy atom. The highest BCUT2D eigenvalue weighted by molar-refractivity contribution is 5.71. The summed E-state index contributed by atoms with van der Waals surface area (Å²) in [7, 11) is 0. The number of ether oxygens (including phenoxy) is 3. The zero-order chi connectivity index (χ0) is 55.7. The van der Waals surface area contributed by atoms with Gasteiger partial charge in [-0.05, 0) is 51.4 Å². The van der Waals surface area contributed by atoms with Gasteiger partial charge < -0.3 is 14.2 Å². The first-order valence-corrected chi connectivity index (χ1v) is 34.8. The molecule has 1 unspecified atom stereocenters. The van der Waals surface area contributed by atoms with Crippen LogP contribution in [-0.2, 0) is 28.6 Å². The number of hydrogen-bond donors (Lipinski definition) is 0. The van der Waals surface area contributed by atoms with E-state index in [2.05, 4.69) is 45.1 Å². The summed E-state index contributed by atoms with van der Waals surface area (Å²) in [4.78, 5) is 38.4. The van der Waals surface area contributed by atoms with Crippen molar-refractivity contribution in [3.63, 3.8) is 0 Å². The van der Waals surface area contributed by atoms with E-state index in [9.17, 15) is 14.4 Å². The quantitative estimate of drug-likeness (QED) is 0.0261. The van der Waals surface area contributed by atoms with Crippen LogP contribution in [0.2, 0.25) is 0 Å². The van der Waals surface area contributed by atoms with Gasteiger partial charge in [-0.25, -0.2) is 0 Å². The predicted molar refractivity (Wildman–Crippen MR) is 335 cm³/mol. The lowest BCUT2D eigenvalue weighted by Gasteiger charge is -2.18. The Balaban J connectivity index is 4.16. The lowest BCUT2D eigenvalue weighted by molar-refractivity contribution is -0.167. The second-order valence-electron chi connectivity index (χ2n) is 23.8. The molecule has 0 bridgehead atoms. The highest BCUT2D eigenvalue weighted by Crippen LogP contribution is 2.19. The Hall–Kier alpha value is -2.11. The zero-order valence-electron chi connectivity index (χ0n) is 52.3. The van der Waals surface area contributed by atoms with Gasteiger partial charge in [0.15, 0.2) is 6.10 Å². The smallest absolute Gasteiger partial charge is 0.306 e. The van der Waals surface area contributed by atoms with E-state index in [1.165, 1.54) is 289 Å². The Morgan fingerprint density at radius 1 is 0.260 bits per heavy atom. The van der Waals surface area contributed by atoms with Gasteiger partial charge in [0.25, 0.3) is 0 Å². The van der Waals surface area contributed by atoms with Crippen LogP contribution in [0.1, 0.15) is 393 Å². The molecule has 0 aliphatic heterocycles. The molecule has 0 rings (SSSR count). The molecule has 0 radical (unpaired) electrons. The topological polar surface area (TPSA) is 78.9 Å². The SMILES string of the molecule is CCCCCCC/C=C\C/C=C\CCCCCCCCCCCCCCCCCCCC(=O)OCC(COC(=O)CCCCCCCCCCCCCCCC)OC(=O)CCCCCCCCCCCCCCCCCC. The van der Waals surface area contributed by atoms with Crippen LogP contribution in [0.25, 0.3) is 0 Å². The van der Waals surface area contributed by atoms with Crippen LogP contribution in [0.5, 0.6) is 0 Å². The van der Waals surface area contributed by atoms with Gasteiger partial charge in [0.2, 0.25) is 0 Å². The molecule has 0 aromatic carbocycles. The van der Waals surface area contributed by atoms with E-state index in [0.29, 0.717) is 19.3 Å². The summed E-state index contributed by atoms with van der Waals surface area (Å²) in [6.45, 7) is 6.71. The van der Waals surface area contributed by atoms with E-state index in [0.717, 1.165) is 64.2 Å². The Morgan fingerprint density at radius 2 is 0.468 bits per heavy atom. The monoisotopic (exact) mass is 1080 g/mol. The summed E-state index contributed by atoms with van der Waals surface area (Å²) < 4.78 is 17.0. The van der Waals surface area contributed by atoms with Gasteiger partial charge in [-0.3, -0.25) is 14.4 Å². The van der Waals surface area contributed by atoms with Crippen LogP contribution in [0.3, 0.4) is 0 Å². The van der Waals surface area contributed by atoms with E-state index >= 15 is 0 Å². The second kappa shape index (κ2) is 66.4. The first-order chi connectivity index (χ1) is 38.0. The molecule has 77 heavy (non-hydrogen) atoms. The van der Waals surface area contributed by atoms with Gasteiger partial charge in [-0.2, -0.15) is 0 Å². The minimum atomic E-state index is -0.766. The fraction of sp³-hybridized carbons (Fsp3) is 0.901. The molecule has 1 atom stereocenters. The summed E-state index contributed by atoms with van der Waals surface area (Å²) >= 11 is 0. The van der Waals surface area contributed by atoms with Crippen LogP contribution in [0.4, 0.5) is 0 Å². The molecule has 0 saturated carbocycles. The highest BCUT2D eigenvalue weighted by atomic mass is 16.6. The summed E-state index contributed by atoms with van der Waals surface area (Å²) in [5, 5.41) is 0. The van der Waals surface area contributed by atoms with Crippen LogP contribution < -0.4 is 0 Å². The average Bonchev–Trinajstić information content (AvgIpc) is 3.43. The van der Waals surface area contributed by atoms with E-state index < -0.39 is 6.10 Å². The highest BCUT2D eigenvalue weighted by Gasteiger charge is 2.19. The number of rotatable bonds is 65. The van der Waals surface area contributed by atoms with E-state index in [-0.39, 0.29) is 31.1 Å². The first kappa shape index (κ1) is 74.9. The molecule has 0 fully saturated rings. The van der Waals surface area contributed by atoms with Crippen molar-refractivity contribution in [3.05, 3.63) is 24.3 Å². The normalized spacial score (nSPS) is 12.1. The molecule has 0 saturated heterocycles. The fourth-order valence-electron chi connectivity index (χ4n) is 10.7. The van der Waals surface area contributed by atoms with Gasteiger partial charge in [-0.1, -0.05) is 347 Å². The van der Waals surface area contributed by atoms with Gasteiger partial charge in [-0.15, -0.1) is 0 Å². The number of unbranched alkanes of at least 4 members (excludes halogenated alkanes) is 50. The minimum Gasteiger partial charge on any atom is -0.462 e. The van der Waals surface area contributed by atoms with Crippen LogP contribution in [-0.4, -0.2) is 37.2 Å². The maximum Gasteiger partial charge on any atom is 0.306 e. The maximum absolute atomic E-state index is 12.9. The minimum absolute atomic E-state index is 0.0633. The lowest BCUT2D eigenvalue weighted by atomic mass is 10.0. The van der Waals surface area contributed by atoms with Crippen molar-refractivity contribution in [2.24, 2.45) is 0 Å². The molecule has 0 heterocycles. The van der Waals surface area contributed by atoms with Crippen LogP contribution >= 0.6 is 0 Å². The molecule has 0 aromatic rings. The van der Waals surface area contributed by atoms with Gasteiger partial charge in [0.1, 0.15) is 13.2 Å². The Labute approximate surface area is 481 Å². The Kier molecular flexibility index (Phi) is 64.6. The molecule has 0 spiro atoms. The number of hydrogen-bond acceptors (Lipinski definition) is 6. The number of carbonyl (C=O) groups excluding carboxylic acids is 3. The van der Waals surface area contributed by atoms with E-state index in [1.54, 1.807) is 0 Å². The number of carbonyl (C=O) groups is 3. The summed E-state index contributed by atoms with van der Waals surface area (Å²) in [6, 6.07) is 0. The third-order valence-corrected chi connectivity index (χ3v) is 16.0. The first-order valence-electron chi connectivity index (χ1n) is 34.8. The number of allylic oxidation sites excluding steroid dienone is 4. The zero-order valence-corrected chi connectivity index (χ0v) is 52.3. The second-order valence-corrected chi connectivity index (χ2v) is 23.8. The van der Waals surface area contributed by atoms with Crippen molar-refractivity contribution in [3.8, 4) is 0 Å². The standard InChI is InChI=1S/C71H134O6/c1-4-7-10-13-16-19-22-25-28-30-31-32-33-34-35-36-37-38-39-40-41-42-44-46-49-52-55-58-61-64-70(73)76-67-68(66-75-69(72)63-60-57-54-51-48-45-27-24-21-18-15-12-9-6-3)77-71(74)65-62-59-56-53-50-47-43-29-26-23-20-17-14-11-8-5-2/h22,25,30-31,68H,4-21,23-24,26-29,32-67H2,1-3H3/b25-22-,31-30-. The largest absolute Gasteiger partial charge is 0.462 e. The van der Waals surface area contributed by atoms with E-state index in [4.69, 9.17) is 14.2 Å². The van der Waals surface area contributed by atoms with E-state index in [1.807, 2.05) is 0 Å². The molecular weight excluding hydrogens is 949 g/mol. The molecular formula is C71H134O6. The van der Waals surface area contributed by atoms with Crippen LogP contribution in [0, 0.1) is 0 Å². The third kappa shape index (κ3) is 64.6. The Bertz CT molecular complexity index is 1240. The van der Waals surface area contributed by atoms with Crippen molar-refractivity contribution in [2.75, 3.05) is 13.2 Å². The molecule has 0 aromatic heterocycles. The van der Waals surface area contributed by atoms with Crippen molar-refractivity contribution in [1.29, 1.82) is 0 Å². The molecule has 0 aliphatic carbocycles. The molecule has 6 nitrogen and oxygen atoms in total. The fourth-order valence-corrected chi connectivity index (χ4v) is 10.7. The van der Waals surface area contributed by atoms with Crippen LogP contribution in [0.15, 0.2) is 24.3 Å². The maximum atomic E-state index is 12.9. The average molecular weight is 1080 g/mol. The van der Waals surface area contributed by atoms with Crippen molar-refractivity contribution >= 4 is 17.9 Å². The van der Waals surface area contributed by atoms with Gasteiger partial charge in [0.05, 0.1) is 0 Å². The van der Waals surface area contributed by atoms with Gasteiger partial charge in [0, 0.05) is 19.3 Å². The molecule has 6 heteroatoms. The molecule has 0 N–H and O–H groups in total. The predicted octanol–water partition coefficient (Wildman–Crippen LogP) is 23.8. The van der Waals surface area contributed by atoms with Crippen molar-refractivity contribution in [1.82, 2.24) is 0 Å². The molecule has 0 aliphatic rings. The van der Waals surface area contributed by atoms with Crippen molar-refractivity contribution < 1.29 is 28.6 Å². The number of esters is 3. The summed E-state index contributed by atoms with van der Waals surface area (Å²) in [6.07, 6.45) is 80.6.